The van der Waals surface area contributed by atoms with Crippen LogP contribution in [-0.2, 0) is 24.4 Å². The Kier molecular flexibility index (Phi) is 6.86. The van der Waals surface area contributed by atoms with Gasteiger partial charge in [-0.3, -0.25) is 9.69 Å². The number of nitrogens with one attached hydrogen (secondary N) is 2. The SMILES string of the molecule is O=C1CCCN1CCn1cnc2c(NCc3nc4ccccc4[nH]3)nc(N3CCN(Cc4ccc5c(c4)OCO5)CC3)nc21. The van der Waals surface area contributed by atoms with E-state index in [-0.39, 0.29) is 12.7 Å². The molecule has 3 aliphatic heterocycles. The van der Waals surface area contributed by atoms with Crippen LogP contribution in [0.3, 0.4) is 0 Å². The number of ether oxygens (including phenoxy) is 2. The molecule has 8 rings (SSSR count). The number of H-pyrrole nitrogens is 1. The summed E-state index contributed by atoms with van der Waals surface area (Å²) in [4.78, 5) is 41.6. The largest absolute Gasteiger partial charge is 0.454 e. The summed E-state index contributed by atoms with van der Waals surface area (Å²) < 4.78 is 13.1. The lowest BCUT2D eigenvalue weighted by Crippen LogP contribution is -2.46. The second kappa shape index (κ2) is 11.3. The van der Waals surface area contributed by atoms with Crippen molar-refractivity contribution in [3.05, 3.63) is 60.2 Å². The molecule has 1 amide bonds. The van der Waals surface area contributed by atoms with Crippen LogP contribution in [0.2, 0.25) is 0 Å². The van der Waals surface area contributed by atoms with Gasteiger partial charge in [0.15, 0.2) is 28.5 Å². The Morgan fingerprint density at radius 1 is 0.932 bits per heavy atom. The maximum Gasteiger partial charge on any atom is 0.231 e. The van der Waals surface area contributed by atoms with Crippen LogP contribution in [0.25, 0.3) is 22.2 Å². The fourth-order valence-corrected chi connectivity index (χ4v) is 6.19. The number of carbonyl (C=O) groups is 1. The fourth-order valence-electron chi connectivity index (χ4n) is 6.19. The molecule has 0 aliphatic carbocycles. The third-order valence-corrected chi connectivity index (χ3v) is 8.59. The first-order valence-electron chi connectivity index (χ1n) is 15.2. The van der Waals surface area contributed by atoms with Crippen LogP contribution >= 0.6 is 0 Å². The third-order valence-electron chi connectivity index (χ3n) is 8.59. The molecule has 13 nitrogen and oxygen atoms in total. The molecule has 2 saturated heterocycles. The van der Waals surface area contributed by atoms with E-state index in [2.05, 4.69) is 32.2 Å². The topological polar surface area (TPSA) is 130 Å². The number of anilines is 2. The number of nitrogens with zero attached hydrogens (tertiary/aromatic N) is 8. The van der Waals surface area contributed by atoms with E-state index in [1.54, 1.807) is 6.33 Å². The van der Waals surface area contributed by atoms with Crippen molar-refractivity contribution >= 4 is 39.9 Å². The van der Waals surface area contributed by atoms with E-state index in [0.29, 0.717) is 43.3 Å². The molecule has 0 unspecified atom stereocenters. The van der Waals surface area contributed by atoms with Crippen LogP contribution in [0.4, 0.5) is 11.8 Å². The molecule has 0 bridgehead atoms. The Morgan fingerprint density at radius 2 is 1.82 bits per heavy atom. The molecule has 44 heavy (non-hydrogen) atoms. The minimum Gasteiger partial charge on any atom is -0.454 e. The van der Waals surface area contributed by atoms with Gasteiger partial charge in [0.05, 0.1) is 23.9 Å². The lowest BCUT2D eigenvalue weighted by atomic mass is 10.1. The monoisotopic (exact) mass is 594 g/mol. The minimum absolute atomic E-state index is 0.219. The van der Waals surface area contributed by atoms with Crippen molar-refractivity contribution in [2.45, 2.75) is 32.5 Å². The van der Waals surface area contributed by atoms with Crippen molar-refractivity contribution in [3.63, 3.8) is 0 Å². The number of piperazine rings is 1. The van der Waals surface area contributed by atoms with Crippen molar-refractivity contribution in [1.29, 1.82) is 0 Å². The highest BCUT2D eigenvalue weighted by Crippen LogP contribution is 2.33. The number of aromatic nitrogens is 6. The molecule has 13 heteroatoms. The molecule has 3 aromatic heterocycles. The zero-order valence-corrected chi connectivity index (χ0v) is 24.4. The van der Waals surface area contributed by atoms with Crippen molar-refractivity contribution in [2.24, 2.45) is 0 Å². The van der Waals surface area contributed by atoms with Gasteiger partial charge in [0.1, 0.15) is 5.82 Å². The third kappa shape index (κ3) is 5.23. The smallest absolute Gasteiger partial charge is 0.231 e. The van der Waals surface area contributed by atoms with Gasteiger partial charge in [-0.1, -0.05) is 18.2 Å². The van der Waals surface area contributed by atoms with Crippen LogP contribution in [0.5, 0.6) is 11.5 Å². The molecule has 5 aromatic rings. The van der Waals surface area contributed by atoms with Gasteiger partial charge in [-0.2, -0.15) is 9.97 Å². The second-order valence-electron chi connectivity index (χ2n) is 11.5. The molecular weight excluding hydrogens is 560 g/mol. The standard InChI is InChI=1S/C31H34N10O3/c42-27-6-3-9-39(27)14-15-41-19-33-28-29(32-17-26-34-22-4-1-2-5-23(22)35-26)36-31(37-30(28)41)40-12-10-38(11-13-40)18-21-7-8-24-25(16-21)44-20-43-24/h1-2,4-5,7-8,16,19H,3,6,9-15,17-18,20H2,(H,34,35)(H,32,36,37). The summed E-state index contributed by atoms with van der Waals surface area (Å²) in [5.41, 5.74) is 4.60. The number of fused-ring (bicyclic) bond motifs is 3. The lowest BCUT2D eigenvalue weighted by Gasteiger charge is -2.34. The summed E-state index contributed by atoms with van der Waals surface area (Å²) >= 11 is 0. The Balaban J connectivity index is 1.02. The van der Waals surface area contributed by atoms with Crippen molar-refractivity contribution in [1.82, 2.24) is 39.3 Å². The molecule has 2 aromatic carbocycles. The van der Waals surface area contributed by atoms with Crippen LogP contribution in [0.15, 0.2) is 48.8 Å². The molecule has 226 valence electrons. The number of hydrogen-bond donors (Lipinski definition) is 2. The summed E-state index contributed by atoms with van der Waals surface area (Å²) in [6.45, 7) is 7.05. The van der Waals surface area contributed by atoms with Crippen molar-refractivity contribution < 1.29 is 14.3 Å². The molecule has 0 atom stereocenters. The summed E-state index contributed by atoms with van der Waals surface area (Å²) in [7, 11) is 0. The molecule has 2 fully saturated rings. The van der Waals surface area contributed by atoms with Crippen LogP contribution in [0.1, 0.15) is 24.2 Å². The number of carbonyl (C=O) groups excluding carboxylic acids is 1. The van der Waals surface area contributed by atoms with Crippen molar-refractivity contribution in [3.8, 4) is 11.5 Å². The molecule has 3 aliphatic rings. The van der Waals surface area contributed by atoms with E-state index in [1.165, 1.54) is 5.56 Å². The number of para-hydroxylation sites is 2. The first-order valence-corrected chi connectivity index (χ1v) is 15.2. The van der Waals surface area contributed by atoms with Gasteiger partial charge in [-0.15, -0.1) is 0 Å². The van der Waals surface area contributed by atoms with E-state index >= 15 is 0 Å². The first kappa shape index (κ1) is 26.7. The zero-order chi connectivity index (χ0) is 29.5. The number of benzene rings is 2. The Hall–Kier alpha value is -4.91. The van der Waals surface area contributed by atoms with Gasteiger partial charge in [0.2, 0.25) is 18.6 Å². The summed E-state index contributed by atoms with van der Waals surface area (Å²) in [6, 6.07) is 14.2. The lowest BCUT2D eigenvalue weighted by molar-refractivity contribution is -0.127. The van der Waals surface area contributed by atoms with E-state index < -0.39 is 0 Å². The maximum atomic E-state index is 12.2. The maximum absolute atomic E-state index is 12.2. The van der Waals surface area contributed by atoms with Crippen molar-refractivity contribution in [2.75, 3.05) is 56.3 Å². The number of imidazole rings is 2. The highest BCUT2D eigenvalue weighted by atomic mass is 16.7. The summed E-state index contributed by atoms with van der Waals surface area (Å²) in [6.07, 6.45) is 3.36. The first-order chi connectivity index (χ1) is 21.7. The van der Waals surface area contributed by atoms with Gasteiger partial charge in [0, 0.05) is 58.8 Å². The average Bonchev–Trinajstić information content (AvgIpc) is 3.85. The van der Waals surface area contributed by atoms with Gasteiger partial charge >= 0.3 is 0 Å². The number of amides is 1. The zero-order valence-electron chi connectivity index (χ0n) is 24.4. The molecule has 0 saturated carbocycles. The van der Waals surface area contributed by atoms with Gasteiger partial charge < -0.3 is 34.1 Å². The number of aromatic amines is 1. The Morgan fingerprint density at radius 3 is 2.68 bits per heavy atom. The van der Waals surface area contributed by atoms with Crippen LogP contribution in [-0.4, -0.2) is 91.3 Å². The Labute approximate surface area is 253 Å². The average molecular weight is 595 g/mol. The summed E-state index contributed by atoms with van der Waals surface area (Å²) in [5.74, 6) is 4.01. The van der Waals surface area contributed by atoms with Gasteiger partial charge in [-0.25, -0.2) is 9.97 Å². The quantitative estimate of drug-likeness (QED) is 0.263. The van der Waals surface area contributed by atoms with Crippen LogP contribution < -0.4 is 19.7 Å². The summed E-state index contributed by atoms with van der Waals surface area (Å²) in [5, 5.41) is 3.48. The highest BCUT2D eigenvalue weighted by Gasteiger charge is 2.24. The molecule has 0 spiro atoms. The second-order valence-corrected chi connectivity index (χ2v) is 11.5. The molecular formula is C31H34N10O3. The van der Waals surface area contributed by atoms with E-state index in [9.17, 15) is 4.79 Å². The predicted octanol–water partition coefficient (Wildman–Crippen LogP) is 2.99. The fraction of sp³-hybridized carbons (Fsp3) is 0.387. The normalized spacial score (nSPS) is 17.0. The van der Waals surface area contributed by atoms with E-state index in [0.717, 1.165) is 79.7 Å². The minimum atomic E-state index is 0.219. The molecule has 6 heterocycles. The predicted molar refractivity (Wildman–Crippen MR) is 165 cm³/mol. The van der Waals surface area contributed by atoms with E-state index in [4.69, 9.17) is 29.4 Å². The number of hydrogen-bond acceptors (Lipinski definition) is 10. The Bertz CT molecular complexity index is 1790. The van der Waals surface area contributed by atoms with Crippen LogP contribution in [0, 0.1) is 0 Å². The van der Waals surface area contributed by atoms with Gasteiger partial charge in [-0.05, 0) is 36.2 Å². The number of rotatable bonds is 9. The number of likely N-dealkylation sites (tertiary alicyclic amines) is 1. The molecule has 0 radical (unpaired) electrons. The highest BCUT2D eigenvalue weighted by molar-refractivity contribution is 5.84. The molecule has 2 N–H and O–H groups in total. The van der Waals surface area contributed by atoms with E-state index in [1.807, 2.05) is 39.8 Å². The van der Waals surface area contributed by atoms with Gasteiger partial charge in [0.25, 0.3) is 0 Å².